The van der Waals surface area contributed by atoms with E-state index in [0.717, 1.165) is 40.8 Å². The van der Waals surface area contributed by atoms with Crippen LogP contribution in [0, 0.1) is 12.3 Å². The Labute approximate surface area is 192 Å². The minimum atomic E-state index is 0.178. The topological polar surface area (TPSA) is 77.5 Å². The molecule has 1 spiro atoms. The number of aryl methyl sites for hydroxylation is 1. The van der Waals surface area contributed by atoms with E-state index in [4.69, 9.17) is 9.72 Å². The molecule has 0 aliphatic carbocycles. The zero-order valence-electron chi connectivity index (χ0n) is 19.1. The van der Waals surface area contributed by atoms with Crippen LogP contribution in [0.15, 0.2) is 48.7 Å². The summed E-state index contributed by atoms with van der Waals surface area (Å²) >= 11 is 0. The molecule has 2 fully saturated rings. The van der Waals surface area contributed by atoms with Gasteiger partial charge in [0.25, 0.3) is 0 Å². The van der Waals surface area contributed by atoms with Gasteiger partial charge in [0.2, 0.25) is 5.88 Å². The van der Waals surface area contributed by atoms with Gasteiger partial charge >= 0.3 is 0 Å². The van der Waals surface area contributed by atoms with Crippen LogP contribution in [0.25, 0.3) is 33.5 Å². The van der Waals surface area contributed by atoms with Gasteiger partial charge in [-0.2, -0.15) is 0 Å². The van der Waals surface area contributed by atoms with Crippen LogP contribution in [0.2, 0.25) is 0 Å². The third kappa shape index (κ3) is 3.23. The fraction of sp³-hybridized carbons (Fsp3) is 0.308. The predicted octanol–water partition coefficient (Wildman–Crippen LogP) is 4.07. The van der Waals surface area contributed by atoms with Gasteiger partial charge < -0.3 is 24.6 Å². The highest BCUT2D eigenvalue weighted by atomic mass is 16.5. The molecule has 2 saturated heterocycles. The number of anilines is 1. The third-order valence-corrected chi connectivity index (χ3v) is 6.93. The van der Waals surface area contributed by atoms with Gasteiger partial charge in [0, 0.05) is 49.0 Å². The van der Waals surface area contributed by atoms with Crippen molar-refractivity contribution >= 4 is 16.7 Å². The molecular weight excluding hydrogens is 414 g/mol. The monoisotopic (exact) mass is 441 g/mol. The lowest BCUT2D eigenvalue weighted by molar-refractivity contribution is -0.00238. The molecule has 0 radical (unpaired) electrons. The smallest absolute Gasteiger partial charge is 0.221 e. The quantitative estimate of drug-likeness (QED) is 0.497. The molecule has 2 N–H and O–H groups in total. The molecule has 0 atom stereocenters. The summed E-state index contributed by atoms with van der Waals surface area (Å²) in [7, 11) is 3.79. The van der Waals surface area contributed by atoms with Crippen LogP contribution >= 0.6 is 0 Å². The van der Waals surface area contributed by atoms with Crippen LogP contribution in [0.3, 0.4) is 0 Å². The summed E-state index contributed by atoms with van der Waals surface area (Å²) in [5, 5.41) is 10.6. The number of hydrogen-bond acceptors (Lipinski definition) is 6. The molecule has 0 bridgehead atoms. The number of aromatic amines is 1. The van der Waals surface area contributed by atoms with Gasteiger partial charge in [0.15, 0.2) is 0 Å². The molecule has 6 rings (SSSR count). The first kappa shape index (κ1) is 20.1. The first-order valence-electron chi connectivity index (χ1n) is 11.2. The fourth-order valence-electron chi connectivity index (χ4n) is 5.49. The van der Waals surface area contributed by atoms with Crippen LogP contribution in [0.4, 0.5) is 5.69 Å². The second-order valence-electron chi connectivity index (χ2n) is 9.56. The molecule has 4 aromatic rings. The second-order valence-corrected chi connectivity index (χ2v) is 9.56. The lowest BCUT2D eigenvalue weighted by Crippen LogP contribution is -2.71. The first-order valence-corrected chi connectivity index (χ1v) is 11.2. The van der Waals surface area contributed by atoms with Crippen molar-refractivity contribution < 1.29 is 9.84 Å². The number of H-pyrrole nitrogens is 1. The summed E-state index contributed by atoms with van der Waals surface area (Å²) in [5.74, 6) is 1.37. The maximum atomic E-state index is 10.6. The first-order chi connectivity index (χ1) is 15.9. The highest BCUT2D eigenvalue weighted by molar-refractivity contribution is 5.87. The molecular formula is C26H27N5O2. The minimum Gasteiger partial charge on any atom is -0.507 e. The predicted molar refractivity (Wildman–Crippen MR) is 130 cm³/mol. The number of imidazole rings is 1. The highest BCUT2D eigenvalue weighted by Gasteiger charge is 2.50. The number of aromatic nitrogens is 3. The van der Waals surface area contributed by atoms with E-state index in [9.17, 15) is 5.11 Å². The van der Waals surface area contributed by atoms with Crippen LogP contribution < -0.4 is 9.64 Å². The number of nitrogens with zero attached hydrogens (tertiary/aromatic N) is 4. The van der Waals surface area contributed by atoms with Crippen molar-refractivity contribution in [3.8, 4) is 34.1 Å². The Morgan fingerprint density at radius 3 is 2.64 bits per heavy atom. The summed E-state index contributed by atoms with van der Waals surface area (Å²) in [4.78, 5) is 17.4. The van der Waals surface area contributed by atoms with Crippen LogP contribution in [-0.2, 0) is 0 Å². The largest absolute Gasteiger partial charge is 0.507 e. The van der Waals surface area contributed by atoms with E-state index in [1.54, 1.807) is 19.4 Å². The standard InChI is InChI=1S/C26H27N5O2/c1-16-9-18(31-14-26(15-31)12-30(2)13-26)11-21-23(16)29-24(28-21)20-10-17(6-7-22(20)32)19-5-4-8-27-25(19)33-3/h4-11,32H,12-15H2,1-3H3,(H,28,29). The number of rotatable bonds is 4. The fourth-order valence-corrected chi connectivity index (χ4v) is 5.49. The Kier molecular flexibility index (Phi) is 4.39. The maximum absolute atomic E-state index is 10.6. The normalized spacial score (nSPS) is 17.2. The number of phenols is 1. The summed E-state index contributed by atoms with van der Waals surface area (Å²) in [6.45, 7) is 6.70. The summed E-state index contributed by atoms with van der Waals surface area (Å²) in [6.07, 6.45) is 1.70. The number of phenolic OH excluding ortho intramolecular Hbond substituents is 1. The Morgan fingerprint density at radius 2 is 1.88 bits per heavy atom. The SMILES string of the molecule is COc1ncccc1-c1ccc(O)c(-c2nc3cc(N4CC5(CN(C)C5)C4)cc(C)c3[nH]2)c1. The van der Waals surface area contributed by atoms with E-state index in [1.807, 2.05) is 24.3 Å². The average molecular weight is 442 g/mol. The molecule has 0 amide bonds. The van der Waals surface area contributed by atoms with Gasteiger partial charge in [0.1, 0.15) is 11.6 Å². The van der Waals surface area contributed by atoms with Crippen LogP contribution in [0.5, 0.6) is 11.6 Å². The summed E-state index contributed by atoms with van der Waals surface area (Å²) < 4.78 is 5.42. The Hall–Kier alpha value is -3.58. The number of aromatic hydroxyl groups is 1. The number of benzene rings is 2. The number of likely N-dealkylation sites (tertiary alicyclic amines) is 1. The Balaban J connectivity index is 1.36. The van der Waals surface area contributed by atoms with Gasteiger partial charge in [-0.15, -0.1) is 0 Å². The van der Waals surface area contributed by atoms with Crippen molar-refractivity contribution in [2.24, 2.45) is 5.41 Å². The second kappa shape index (κ2) is 7.22. The lowest BCUT2D eigenvalue weighted by atomic mass is 9.73. The van der Waals surface area contributed by atoms with Crippen LogP contribution in [-0.4, -0.2) is 65.3 Å². The van der Waals surface area contributed by atoms with Crippen molar-refractivity contribution in [1.82, 2.24) is 19.9 Å². The number of pyridine rings is 1. The molecule has 0 saturated carbocycles. The van der Waals surface area contributed by atoms with Crippen molar-refractivity contribution in [1.29, 1.82) is 0 Å². The van der Waals surface area contributed by atoms with E-state index < -0.39 is 0 Å². The number of nitrogens with one attached hydrogen (secondary N) is 1. The molecule has 2 aromatic carbocycles. The van der Waals surface area contributed by atoms with E-state index in [2.05, 4.69) is 45.9 Å². The molecule has 2 aromatic heterocycles. The third-order valence-electron chi connectivity index (χ3n) is 6.93. The zero-order valence-corrected chi connectivity index (χ0v) is 19.1. The van der Waals surface area contributed by atoms with Crippen molar-refractivity contribution in [2.75, 3.05) is 45.2 Å². The highest BCUT2D eigenvalue weighted by Crippen LogP contribution is 2.42. The molecule has 2 aliphatic rings. The number of fused-ring (bicyclic) bond motifs is 1. The molecule has 0 unspecified atom stereocenters. The lowest BCUT2D eigenvalue weighted by Gasteiger charge is -2.60. The molecule has 7 nitrogen and oxygen atoms in total. The molecule has 4 heterocycles. The van der Waals surface area contributed by atoms with E-state index >= 15 is 0 Å². The number of methoxy groups -OCH3 is 1. The number of ether oxygens (including phenoxy) is 1. The van der Waals surface area contributed by atoms with Crippen LogP contribution in [0.1, 0.15) is 5.56 Å². The summed E-state index contributed by atoms with van der Waals surface area (Å²) in [6, 6.07) is 13.7. The van der Waals surface area contributed by atoms with Crippen molar-refractivity contribution in [2.45, 2.75) is 6.92 Å². The molecule has 33 heavy (non-hydrogen) atoms. The van der Waals surface area contributed by atoms with Crippen molar-refractivity contribution in [3.05, 3.63) is 54.2 Å². The van der Waals surface area contributed by atoms with Gasteiger partial charge in [0.05, 0.1) is 23.7 Å². The number of hydrogen-bond donors (Lipinski definition) is 2. The van der Waals surface area contributed by atoms with E-state index in [1.165, 1.54) is 18.8 Å². The Morgan fingerprint density at radius 1 is 1.06 bits per heavy atom. The minimum absolute atomic E-state index is 0.178. The summed E-state index contributed by atoms with van der Waals surface area (Å²) in [5.41, 5.74) is 7.18. The van der Waals surface area contributed by atoms with Crippen molar-refractivity contribution in [3.63, 3.8) is 0 Å². The maximum Gasteiger partial charge on any atom is 0.221 e. The van der Waals surface area contributed by atoms with Gasteiger partial charge in [-0.3, -0.25) is 0 Å². The van der Waals surface area contributed by atoms with E-state index in [0.29, 0.717) is 22.7 Å². The molecule has 2 aliphatic heterocycles. The Bertz CT molecular complexity index is 1360. The van der Waals surface area contributed by atoms with Gasteiger partial charge in [-0.1, -0.05) is 6.07 Å². The molecule has 7 heteroatoms. The van der Waals surface area contributed by atoms with Gasteiger partial charge in [-0.25, -0.2) is 9.97 Å². The zero-order chi connectivity index (χ0) is 22.7. The average Bonchev–Trinajstić information content (AvgIpc) is 3.20. The molecule has 168 valence electrons. The van der Waals surface area contributed by atoms with E-state index in [-0.39, 0.29) is 5.75 Å². The van der Waals surface area contributed by atoms with Gasteiger partial charge in [-0.05, 0) is 61.5 Å².